The standard InChI is InChI=1S/C14H19N3O2/c1-16-7-8-17(10-14(16)19)13(18)6-5-11-3-2-4-12(15)9-11/h2-4,9H,5-8,10,15H2,1H3. The molecule has 0 bridgehead atoms. The summed E-state index contributed by atoms with van der Waals surface area (Å²) in [5.74, 6) is 0.0347. The highest BCUT2D eigenvalue weighted by atomic mass is 16.2. The molecule has 0 atom stereocenters. The number of benzene rings is 1. The van der Waals surface area contributed by atoms with Crippen LogP contribution in [-0.2, 0) is 16.0 Å². The second-order valence-corrected chi connectivity index (χ2v) is 4.88. The van der Waals surface area contributed by atoms with Gasteiger partial charge in [0.25, 0.3) is 0 Å². The maximum atomic E-state index is 12.0. The van der Waals surface area contributed by atoms with E-state index in [9.17, 15) is 9.59 Å². The lowest BCUT2D eigenvalue weighted by Crippen LogP contribution is -2.50. The van der Waals surface area contributed by atoms with Crippen LogP contribution in [0.4, 0.5) is 5.69 Å². The number of likely N-dealkylation sites (N-methyl/N-ethyl adjacent to an activating group) is 1. The Balaban J connectivity index is 1.86. The molecule has 19 heavy (non-hydrogen) atoms. The number of carbonyl (C=O) groups is 2. The highest BCUT2D eigenvalue weighted by molar-refractivity contribution is 5.85. The normalized spacial score (nSPS) is 15.7. The Hall–Kier alpha value is -2.04. The van der Waals surface area contributed by atoms with Crippen molar-refractivity contribution in [2.24, 2.45) is 0 Å². The van der Waals surface area contributed by atoms with Crippen molar-refractivity contribution in [2.75, 3.05) is 32.4 Å². The predicted octanol–water partition coefficient (Wildman–Crippen LogP) is 0.502. The quantitative estimate of drug-likeness (QED) is 0.806. The SMILES string of the molecule is CN1CCN(C(=O)CCc2cccc(N)c2)CC1=O. The van der Waals surface area contributed by atoms with Gasteiger partial charge in [-0.1, -0.05) is 12.1 Å². The molecule has 0 unspecified atom stereocenters. The number of nitrogens with zero attached hydrogens (tertiary/aromatic N) is 2. The molecule has 2 rings (SSSR count). The van der Waals surface area contributed by atoms with Crippen molar-refractivity contribution >= 4 is 17.5 Å². The minimum absolute atomic E-state index is 0.00329. The fraction of sp³-hybridized carbons (Fsp3) is 0.429. The maximum absolute atomic E-state index is 12.0. The topological polar surface area (TPSA) is 66.6 Å². The Kier molecular flexibility index (Phi) is 4.04. The maximum Gasteiger partial charge on any atom is 0.241 e. The third-order valence-electron chi connectivity index (χ3n) is 3.39. The van der Waals surface area contributed by atoms with Crippen molar-refractivity contribution < 1.29 is 9.59 Å². The molecule has 2 amide bonds. The van der Waals surface area contributed by atoms with Gasteiger partial charge in [-0.3, -0.25) is 9.59 Å². The monoisotopic (exact) mass is 261 g/mol. The molecular formula is C14H19N3O2. The highest BCUT2D eigenvalue weighted by Gasteiger charge is 2.24. The summed E-state index contributed by atoms with van der Waals surface area (Å²) >= 11 is 0. The van der Waals surface area contributed by atoms with Crippen LogP contribution >= 0.6 is 0 Å². The van der Waals surface area contributed by atoms with Crippen LogP contribution < -0.4 is 5.73 Å². The van der Waals surface area contributed by atoms with Gasteiger partial charge in [0.2, 0.25) is 11.8 Å². The molecule has 5 heteroatoms. The highest BCUT2D eigenvalue weighted by Crippen LogP contribution is 2.10. The number of carbonyl (C=O) groups excluding carboxylic acids is 2. The Bertz CT molecular complexity index is 487. The van der Waals surface area contributed by atoms with Crippen molar-refractivity contribution in [3.63, 3.8) is 0 Å². The molecule has 1 saturated heterocycles. The molecule has 1 fully saturated rings. The number of nitrogen functional groups attached to an aromatic ring is 1. The molecule has 2 N–H and O–H groups in total. The molecule has 0 radical (unpaired) electrons. The second-order valence-electron chi connectivity index (χ2n) is 4.88. The molecule has 0 aromatic heterocycles. The van der Waals surface area contributed by atoms with Gasteiger partial charge in [0.15, 0.2) is 0 Å². The fourth-order valence-electron chi connectivity index (χ4n) is 2.13. The van der Waals surface area contributed by atoms with Crippen molar-refractivity contribution in [3.05, 3.63) is 29.8 Å². The molecule has 1 heterocycles. The fourth-order valence-corrected chi connectivity index (χ4v) is 2.13. The average molecular weight is 261 g/mol. The second kappa shape index (κ2) is 5.73. The molecule has 0 saturated carbocycles. The molecule has 1 aromatic carbocycles. The minimum Gasteiger partial charge on any atom is -0.399 e. The summed E-state index contributed by atoms with van der Waals surface area (Å²) in [6.07, 6.45) is 1.07. The Morgan fingerprint density at radius 3 is 2.84 bits per heavy atom. The summed E-state index contributed by atoms with van der Waals surface area (Å²) in [6.45, 7) is 1.44. The largest absolute Gasteiger partial charge is 0.399 e. The minimum atomic E-state index is 0.00329. The van der Waals surface area contributed by atoms with Gasteiger partial charge in [0, 0.05) is 32.2 Å². The summed E-state index contributed by atoms with van der Waals surface area (Å²) in [4.78, 5) is 26.9. The Labute approximate surface area is 113 Å². The number of hydrogen-bond acceptors (Lipinski definition) is 3. The van der Waals surface area contributed by atoms with E-state index < -0.39 is 0 Å². The van der Waals surface area contributed by atoms with Gasteiger partial charge in [0.05, 0.1) is 6.54 Å². The first kappa shape index (κ1) is 13.4. The van der Waals surface area contributed by atoms with Crippen LogP contribution in [0.5, 0.6) is 0 Å². The van der Waals surface area contributed by atoms with Crippen LogP contribution in [-0.4, -0.2) is 48.3 Å². The van der Waals surface area contributed by atoms with Crippen LogP contribution in [0.3, 0.4) is 0 Å². The summed E-state index contributed by atoms with van der Waals surface area (Å²) in [7, 11) is 1.76. The molecular weight excluding hydrogens is 242 g/mol. The van der Waals surface area contributed by atoms with Gasteiger partial charge in [0.1, 0.15) is 0 Å². The number of nitrogens with two attached hydrogens (primary N) is 1. The Morgan fingerprint density at radius 1 is 1.37 bits per heavy atom. The average Bonchev–Trinajstić information content (AvgIpc) is 2.39. The van der Waals surface area contributed by atoms with Crippen molar-refractivity contribution in [3.8, 4) is 0 Å². The van der Waals surface area contributed by atoms with Crippen LogP contribution in [0, 0.1) is 0 Å². The zero-order valence-corrected chi connectivity index (χ0v) is 11.1. The molecule has 1 aromatic rings. The smallest absolute Gasteiger partial charge is 0.241 e. The molecule has 1 aliphatic heterocycles. The van der Waals surface area contributed by atoms with Crippen LogP contribution in [0.2, 0.25) is 0 Å². The van der Waals surface area contributed by atoms with Gasteiger partial charge < -0.3 is 15.5 Å². The van der Waals surface area contributed by atoms with E-state index in [1.807, 2.05) is 24.3 Å². The first-order valence-electron chi connectivity index (χ1n) is 6.42. The van der Waals surface area contributed by atoms with Gasteiger partial charge in [-0.15, -0.1) is 0 Å². The number of anilines is 1. The van der Waals surface area contributed by atoms with Gasteiger partial charge >= 0.3 is 0 Å². The zero-order chi connectivity index (χ0) is 13.8. The van der Waals surface area contributed by atoms with E-state index >= 15 is 0 Å². The zero-order valence-electron chi connectivity index (χ0n) is 11.1. The van der Waals surface area contributed by atoms with Crippen molar-refractivity contribution in [1.82, 2.24) is 9.80 Å². The van der Waals surface area contributed by atoms with Crippen LogP contribution in [0.1, 0.15) is 12.0 Å². The summed E-state index contributed by atoms with van der Waals surface area (Å²) in [6, 6.07) is 7.54. The molecule has 0 spiro atoms. The van der Waals surface area contributed by atoms with Gasteiger partial charge in [-0.05, 0) is 24.1 Å². The lowest BCUT2D eigenvalue weighted by Gasteiger charge is -2.32. The molecule has 102 valence electrons. The van der Waals surface area contributed by atoms with E-state index in [0.717, 1.165) is 5.56 Å². The third kappa shape index (κ3) is 3.47. The lowest BCUT2D eigenvalue weighted by molar-refractivity contribution is -0.144. The molecule has 5 nitrogen and oxygen atoms in total. The number of rotatable bonds is 3. The number of amides is 2. The van der Waals surface area contributed by atoms with Crippen molar-refractivity contribution in [1.29, 1.82) is 0 Å². The van der Waals surface area contributed by atoms with E-state index in [2.05, 4.69) is 0 Å². The first-order chi connectivity index (χ1) is 9.06. The molecule has 1 aliphatic rings. The predicted molar refractivity (Wildman–Crippen MR) is 73.4 cm³/mol. The van der Waals surface area contributed by atoms with Crippen LogP contribution in [0.25, 0.3) is 0 Å². The molecule has 0 aliphatic carbocycles. The first-order valence-corrected chi connectivity index (χ1v) is 6.42. The lowest BCUT2D eigenvalue weighted by atomic mass is 10.1. The van der Waals surface area contributed by atoms with E-state index in [1.54, 1.807) is 16.8 Å². The number of aryl methyl sites for hydroxylation is 1. The summed E-state index contributed by atoms with van der Waals surface area (Å²) < 4.78 is 0. The Morgan fingerprint density at radius 2 is 2.16 bits per heavy atom. The van der Waals surface area contributed by atoms with E-state index in [-0.39, 0.29) is 18.4 Å². The summed E-state index contributed by atoms with van der Waals surface area (Å²) in [5.41, 5.74) is 7.45. The third-order valence-corrected chi connectivity index (χ3v) is 3.39. The van der Waals surface area contributed by atoms with Gasteiger partial charge in [-0.25, -0.2) is 0 Å². The number of piperazine rings is 1. The van der Waals surface area contributed by atoms with Crippen molar-refractivity contribution in [2.45, 2.75) is 12.8 Å². The van der Waals surface area contributed by atoms with E-state index in [1.165, 1.54) is 0 Å². The van der Waals surface area contributed by atoms with Gasteiger partial charge in [-0.2, -0.15) is 0 Å². The number of hydrogen-bond donors (Lipinski definition) is 1. The summed E-state index contributed by atoms with van der Waals surface area (Å²) in [5, 5.41) is 0. The van der Waals surface area contributed by atoms with Crippen LogP contribution in [0.15, 0.2) is 24.3 Å². The van der Waals surface area contributed by atoms with E-state index in [4.69, 9.17) is 5.73 Å². The van der Waals surface area contributed by atoms with E-state index in [0.29, 0.717) is 31.6 Å².